The Hall–Kier alpha value is -2.71. The van der Waals surface area contributed by atoms with Crippen LogP contribution in [-0.4, -0.2) is 15.6 Å². The molecule has 5 rings (SSSR count). The van der Waals surface area contributed by atoms with Gasteiger partial charge in [-0.3, -0.25) is 10.1 Å². The molecule has 0 radical (unpaired) electrons. The summed E-state index contributed by atoms with van der Waals surface area (Å²) in [6, 6.07) is 20.5. The summed E-state index contributed by atoms with van der Waals surface area (Å²) in [4.78, 5) is 10.9. The minimum atomic E-state index is -0.568. The highest BCUT2D eigenvalue weighted by Crippen LogP contribution is 2.51. The first kappa shape index (κ1) is 19.3. The lowest BCUT2D eigenvalue weighted by atomic mass is 9.96. The van der Waals surface area contributed by atoms with Crippen LogP contribution in [0.3, 0.4) is 0 Å². The lowest BCUT2D eigenvalue weighted by molar-refractivity contribution is -0.385. The molecule has 8 heteroatoms. The SMILES string of the molecule is O=[N+]([O-])c1cccc([C@@H]2Oc3c(Br)cc(Br)cc3[C@H]3CC(c4ccccc4)=NN32)c1. The molecule has 0 amide bonds. The van der Waals surface area contributed by atoms with Crippen molar-refractivity contribution in [2.45, 2.75) is 18.7 Å². The number of hydrogen-bond acceptors (Lipinski definition) is 5. The second kappa shape index (κ2) is 7.52. The van der Waals surface area contributed by atoms with Crippen molar-refractivity contribution in [1.29, 1.82) is 0 Å². The fraction of sp³-hybridized carbons (Fsp3) is 0.136. The zero-order chi connectivity index (χ0) is 20.8. The second-order valence-corrected chi connectivity index (χ2v) is 8.91. The van der Waals surface area contributed by atoms with Crippen LogP contribution in [0.25, 0.3) is 0 Å². The molecule has 0 spiro atoms. The summed E-state index contributed by atoms with van der Waals surface area (Å²) in [5.41, 5.74) is 3.75. The highest BCUT2D eigenvalue weighted by Gasteiger charge is 2.42. The Kier molecular flexibility index (Phi) is 4.83. The van der Waals surface area contributed by atoms with E-state index in [1.54, 1.807) is 12.1 Å². The molecule has 0 unspecified atom stereocenters. The number of rotatable bonds is 3. The molecule has 0 bridgehead atoms. The Morgan fingerprint density at radius 2 is 1.87 bits per heavy atom. The molecule has 0 fully saturated rings. The van der Waals surface area contributed by atoms with E-state index in [1.165, 1.54) is 6.07 Å². The number of non-ortho nitro benzene ring substituents is 1. The van der Waals surface area contributed by atoms with E-state index < -0.39 is 11.2 Å². The van der Waals surface area contributed by atoms with Gasteiger partial charge in [-0.05, 0) is 33.6 Å². The lowest BCUT2D eigenvalue weighted by Crippen LogP contribution is -2.34. The molecule has 2 aliphatic heterocycles. The summed E-state index contributed by atoms with van der Waals surface area (Å²) in [6.45, 7) is 0. The molecule has 30 heavy (non-hydrogen) atoms. The zero-order valence-corrected chi connectivity index (χ0v) is 18.7. The highest BCUT2D eigenvalue weighted by atomic mass is 79.9. The normalized spacial score (nSPS) is 19.5. The van der Waals surface area contributed by atoms with E-state index in [0.29, 0.717) is 12.0 Å². The van der Waals surface area contributed by atoms with Crippen molar-refractivity contribution in [3.63, 3.8) is 0 Å². The minimum Gasteiger partial charge on any atom is -0.463 e. The van der Waals surface area contributed by atoms with E-state index in [2.05, 4.69) is 31.9 Å². The summed E-state index contributed by atoms with van der Waals surface area (Å²) >= 11 is 7.18. The van der Waals surface area contributed by atoms with E-state index >= 15 is 0 Å². The van der Waals surface area contributed by atoms with Gasteiger partial charge >= 0.3 is 0 Å². The number of nitro benzene ring substituents is 1. The van der Waals surface area contributed by atoms with E-state index in [1.807, 2.05) is 53.5 Å². The summed E-state index contributed by atoms with van der Waals surface area (Å²) in [7, 11) is 0. The fourth-order valence-corrected chi connectivity index (χ4v) is 5.28. The van der Waals surface area contributed by atoms with Crippen molar-refractivity contribution in [3.05, 3.63) is 102 Å². The molecule has 6 nitrogen and oxygen atoms in total. The predicted octanol–water partition coefficient (Wildman–Crippen LogP) is 6.36. The maximum absolute atomic E-state index is 11.3. The summed E-state index contributed by atoms with van der Waals surface area (Å²) in [5, 5.41) is 18.1. The van der Waals surface area contributed by atoms with Crippen LogP contribution in [0.15, 0.2) is 80.8 Å². The Labute approximate surface area is 189 Å². The zero-order valence-electron chi connectivity index (χ0n) is 15.5. The number of hydrazone groups is 1. The summed E-state index contributed by atoms with van der Waals surface area (Å²) in [5.74, 6) is 0.737. The summed E-state index contributed by atoms with van der Waals surface area (Å²) in [6.07, 6.45) is 0.149. The quantitative estimate of drug-likeness (QED) is 0.293. The average Bonchev–Trinajstić information content (AvgIpc) is 3.20. The number of fused-ring (bicyclic) bond motifs is 3. The average molecular weight is 529 g/mol. The van der Waals surface area contributed by atoms with Crippen molar-refractivity contribution in [1.82, 2.24) is 5.01 Å². The van der Waals surface area contributed by atoms with Gasteiger partial charge in [0.05, 0.1) is 21.1 Å². The van der Waals surface area contributed by atoms with Gasteiger partial charge in [0.15, 0.2) is 0 Å². The molecule has 3 aromatic carbocycles. The predicted molar refractivity (Wildman–Crippen MR) is 120 cm³/mol. The molecule has 0 saturated heterocycles. The minimum absolute atomic E-state index is 0.0276. The maximum Gasteiger partial charge on any atom is 0.269 e. The number of benzene rings is 3. The van der Waals surface area contributed by atoms with E-state index in [4.69, 9.17) is 9.84 Å². The highest BCUT2D eigenvalue weighted by molar-refractivity contribution is 9.11. The van der Waals surface area contributed by atoms with Gasteiger partial charge in [0.2, 0.25) is 6.23 Å². The van der Waals surface area contributed by atoms with Crippen LogP contribution in [-0.2, 0) is 0 Å². The monoisotopic (exact) mass is 527 g/mol. The van der Waals surface area contributed by atoms with Crippen molar-refractivity contribution in [3.8, 4) is 5.75 Å². The van der Waals surface area contributed by atoms with Crippen molar-refractivity contribution >= 4 is 43.3 Å². The standard InChI is InChI=1S/C22H15Br2N3O3/c23-15-10-17-20-12-19(13-5-2-1-3-6-13)25-26(20)22(30-21(17)18(24)11-15)14-7-4-8-16(9-14)27(28)29/h1-11,20,22H,12H2/t20-,22+/m1/s1. The van der Waals surface area contributed by atoms with Gasteiger partial charge in [0, 0.05) is 34.2 Å². The Balaban J connectivity index is 1.64. The molecule has 2 aliphatic rings. The van der Waals surface area contributed by atoms with Gasteiger partial charge in [-0.15, -0.1) is 0 Å². The molecular weight excluding hydrogens is 514 g/mol. The Bertz CT molecular complexity index is 1180. The van der Waals surface area contributed by atoms with Gasteiger partial charge in [-0.25, -0.2) is 5.01 Å². The molecule has 0 aliphatic carbocycles. The number of nitro groups is 1. The lowest BCUT2D eigenvalue weighted by Gasteiger charge is -2.38. The van der Waals surface area contributed by atoms with Gasteiger partial charge in [-0.1, -0.05) is 58.4 Å². The molecule has 2 atom stereocenters. The van der Waals surface area contributed by atoms with Crippen LogP contribution < -0.4 is 4.74 Å². The fourth-order valence-electron chi connectivity index (χ4n) is 3.93. The molecule has 0 aromatic heterocycles. The maximum atomic E-state index is 11.3. The topological polar surface area (TPSA) is 68.0 Å². The van der Waals surface area contributed by atoms with Crippen LogP contribution in [0.4, 0.5) is 5.69 Å². The van der Waals surface area contributed by atoms with Gasteiger partial charge in [0.1, 0.15) is 5.75 Å². The molecule has 3 aromatic rings. The van der Waals surface area contributed by atoms with Gasteiger partial charge in [-0.2, -0.15) is 5.10 Å². The van der Waals surface area contributed by atoms with E-state index in [-0.39, 0.29) is 11.7 Å². The van der Waals surface area contributed by atoms with Crippen LogP contribution in [0, 0.1) is 10.1 Å². The van der Waals surface area contributed by atoms with Crippen molar-refractivity contribution < 1.29 is 9.66 Å². The Morgan fingerprint density at radius 1 is 1.07 bits per heavy atom. The third-order valence-corrected chi connectivity index (χ3v) is 6.33. The number of hydrogen-bond donors (Lipinski definition) is 0. The number of ether oxygens (including phenoxy) is 1. The third-order valence-electron chi connectivity index (χ3n) is 5.28. The summed E-state index contributed by atoms with van der Waals surface area (Å²) < 4.78 is 8.14. The molecule has 0 saturated carbocycles. The first-order valence-corrected chi connectivity index (χ1v) is 10.9. The van der Waals surface area contributed by atoms with Crippen LogP contribution in [0.1, 0.15) is 35.4 Å². The molecular formula is C22H15Br2N3O3. The molecule has 0 N–H and O–H groups in total. The first-order chi connectivity index (χ1) is 14.5. The second-order valence-electron chi connectivity index (χ2n) is 7.14. The van der Waals surface area contributed by atoms with Gasteiger partial charge < -0.3 is 4.74 Å². The molecule has 150 valence electrons. The van der Waals surface area contributed by atoms with Crippen LogP contribution >= 0.6 is 31.9 Å². The Morgan fingerprint density at radius 3 is 2.63 bits per heavy atom. The van der Waals surface area contributed by atoms with Crippen molar-refractivity contribution in [2.24, 2.45) is 5.10 Å². The van der Waals surface area contributed by atoms with Gasteiger partial charge in [0.25, 0.3) is 5.69 Å². The van der Waals surface area contributed by atoms with Crippen molar-refractivity contribution in [2.75, 3.05) is 0 Å². The first-order valence-electron chi connectivity index (χ1n) is 9.32. The third kappa shape index (κ3) is 3.30. The smallest absolute Gasteiger partial charge is 0.269 e. The number of nitrogens with zero attached hydrogens (tertiary/aromatic N) is 3. The van der Waals surface area contributed by atoms with Crippen LogP contribution in [0.5, 0.6) is 5.75 Å². The van der Waals surface area contributed by atoms with E-state index in [9.17, 15) is 10.1 Å². The molecule has 2 heterocycles. The largest absolute Gasteiger partial charge is 0.463 e. The van der Waals surface area contributed by atoms with Crippen LogP contribution in [0.2, 0.25) is 0 Å². The van der Waals surface area contributed by atoms with E-state index in [0.717, 1.165) is 31.5 Å². The number of halogens is 2.